The van der Waals surface area contributed by atoms with Crippen LogP contribution in [0, 0.1) is 29.9 Å². The summed E-state index contributed by atoms with van der Waals surface area (Å²) in [6, 6.07) is 5.07. The van der Waals surface area contributed by atoms with E-state index in [1.165, 1.54) is 15.8 Å². The number of carbonyl (C=O) groups excluding carboxylic acids is 1. The Kier molecular flexibility index (Phi) is 6.58. The monoisotopic (exact) mass is 522 g/mol. The lowest BCUT2D eigenvalue weighted by atomic mass is 10.0. The fraction of sp³-hybridized carbons (Fsp3) is 0.375. The number of urea groups is 1. The molecule has 0 saturated carbocycles. The van der Waals surface area contributed by atoms with Gasteiger partial charge >= 0.3 is 11.7 Å². The van der Waals surface area contributed by atoms with E-state index in [0.29, 0.717) is 50.5 Å². The number of carbonyl (C=O) groups is 1. The Morgan fingerprint density at radius 2 is 1.95 bits per heavy atom. The van der Waals surface area contributed by atoms with Crippen LogP contribution in [0.1, 0.15) is 36.3 Å². The summed E-state index contributed by atoms with van der Waals surface area (Å²) >= 11 is 0. The maximum Gasteiger partial charge on any atom is 0.351 e. The molecule has 2 aromatic heterocycles. The van der Waals surface area contributed by atoms with Gasteiger partial charge in [0, 0.05) is 45.4 Å². The van der Waals surface area contributed by atoms with Crippen LogP contribution in [0.4, 0.5) is 19.5 Å². The average molecular weight is 523 g/mol. The average Bonchev–Trinajstić information content (AvgIpc) is 3.52. The summed E-state index contributed by atoms with van der Waals surface area (Å²) in [4.78, 5) is 37.7. The standard InChI is InChI=1S/C24H24F2N10O2/c1-3-34-24(38)35(15(2)31-34)21-19(26)14-28-22(30-21)32-6-8-33(9-7-32)23(37)36-20(4-5-29-36)17-10-16(13-27)11-18(25)12-17/h5,10-12,14,20H,3-4,6-9H2,1-2H3/t20-/m0/s1. The zero-order valence-electron chi connectivity index (χ0n) is 20.8. The fourth-order valence-electron chi connectivity index (χ4n) is 4.61. The number of halogens is 2. The van der Waals surface area contributed by atoms with Crippen molar-refractivity contribution in [1.29, 1.82) is 5.26 Å². The van der Waals surface area contributed by atoms with Gasteiger partial charge in [0.1, 0.15) is 11.6 Å². The second-order valence-corrected chi connectivity index (χ2v) is 8.86. The molecule has 1 aromatic carbocycles. The van der Waals surface area contributed by atoms with E-state index in [9.17, 15) is 23.6 Å². The highest BCUT2D eigenvalue weighted by molar-refractivity contribution is 5.78. The molecule has 5 rings (SSSR count). The van der Waals surface area contributed by atoms with E-state index in [2.05, 4.69) is 20.2 Å². The van der Waals surface area contributed by atoms with Gasteiger partial charge in [0.25, 0.3) is 0 Å². The molecule has 0 bridgehead atoms. The van der Waals surface area contributed by atoms with Crippen molar-refractivity contribution in [2.24, 2.45) is 5.10 Å². The van der Waals surface area contributed by atoms with Crippen LogP contribution in [0.25, 0.3) is 5.82 Å². The Bertz CT molecular complexity index is 1520. The summed E-state index contributed by atoms with van der Waals surface area (Å²) in [5, 5.41) is 18.8. The Labute approximate surface area is 216 Å². The van der Waals surface area contributed by atoms with E-state index in [0.717, 1.165) is 16.8 Å². The summed E-state index contributed by atoms with van der Waals surface area (Å²) in [7, 11) is 0. The van der Waals surface area contributed by atoms with Crippen LogP contribution in [0.3, 0.4) is 0 Å². The first kappa shape index (κ1) is 25.0. The molecule has 1 atom stereocenters. The number of aromatic nitrogens is 5. The Balaban J connectivity index is 1.30. The largest absolute Gasteiger partial charge is 0.351 e. The molecule has 196 valence electrons. The molecule has 4 heterocycles. The molecule has 0 spiro atoms. The first-order valence-corrected chi connectivity index (χ1v) is 12.1. The Hall–Kier alpha value is -4.67. The molecule has 0 N–H and O–H groups in total. The van der Waals surface area contributed by atoms with Gasteiger partial charge in [0.2, 0.25) is 5.95 Å². The zero-order valence-corrected chi connectivity index (χ0v) is 20.8. The van der Waals surface area contributed by atoms with E-state index in [-0.39, 0.29) is 23.4 Å². The summed E-state index contributed by atoms with van der Waals surface area (Å²) in [5.74, 6) is -0.957. The number of nitriles is 1. The van der Waals surface area contributed by atoms with Crippen molar-refractivity contribution >= 4 is 18.2 Å². The highest BCUT2D eigenvalue weighted by Gasteiger charge is 2.34. The third kappa shape index (κ3) is 4.47. The van der Waals surface area contributed by atoms with Crippen LogP contribution in [-0.4, -0.2) is 72.6 Å². The molecule has 0 radical (unpaired) electrons. The summed E-state index contributed by atoms with van der Waals surface area (Å²) < 4.78 is 31.0. The van der Waals surface area contributed by atoms with Crippen LogP contribution in [0.15, 0.2) is 34.3 Å². The Morgan fingerprint density at radius 1 is 1.18 bits per heavy atom. The van der Waals surface area contributed by atoms with Crippen LogP contribution in [0.5, 0.6) is 0 Å². The second kappa shape index (κ2) is 10.0. The number of amides is 2. The van der Waals surface area contributed by atoms with Crippen molar-refractivity contribution < 1.29 is 13.6 Å². The van der Waals surface area contributed by atoms with Crippen LogP contribution in [-0.2, 0) is 6.54 Å². The lowest BCUT2D eigenvalue weighted by molar-refractivity contribution is 0.139. The first-order valence-electron chi connectivity index (χ1n) is 12.1. The van der Waals surface area contributed by atoms with Gasteiger partial charge in [0.15, 0.2) is 11.6 Å². The first-order chi connectivity index (χ1) is 18.3. The molecule has 12 nitrogen and oxygen atoms in total. The quantitative estimate of drug-likeness (QED) is 0.512. The molecular weight excluding hydrogens is 498 g/mol. The van der Waals surface area contributed by atoms with Gasteiger partial charge < -0.3 is 9.80 Å². The molecule has 0 unspecified atom stereocenters. The van der Waals surface area contributed by atoms with Crippen molar-refractivity contribution in [2.75, 3.05) is 31.1 Å². The number of piperazine rings is 1. The molecule has 3 aromatic rings. The van der Waals surface area contributed by atoms with E-state index >= 15 is 0 Å². The van der Waals surface area contributed by atoms with Crippen molar-refractivity contribution in [1.82, 2.24) is 34.2 Å². The summed E-state index contributed by atoms with van der Waals surface area (Å²) in [6.45, 7) is 5.04. The number of aryl methyl sites for hydroxylation is 2. The van der Waals surface area contributed by atoms with Crippen LogP contribution < -0.4 is 10.6 Å². The van der Waals surface area contributed by atoms with E-state index in [4.69, 9.17) is 0 Å². The normalized spacial score (nSPS) is 17.2. The topological polar surface area (TPSA) is 129 Å². The minimum Gasteiger partial charge on any atom is -0.337 e. The van der Waals surface area contributed by atoms with Gasteiger partial charge in [0.05, 0.1) is 23.9 Å². The smallest absolute Gasteiger partial charge is 0.337 e. The number of rotatable bonds is 4. The predicted molar refractivity (Wildman–Crippen MR) is 132 cm³/mol. The third-order valence-electron chi connectivity index (χ3n) is 6.52. The molecule has 2 aliphatic rings. The highest BCUT2D eigenvalue weighted by Crippen LogP contribution is 2.30. The van der Waals surface area contributed by atoms with Crippen LogP contribution in [0.2, 0.25) is 0 Å². The SMILES string of the molecule is CCn1nc(C)n(-c2nc(N3CCN(C(=O)N4N=CC[C@H]4c4cc(F)cc(C#N)c4)CC3)ncc2F)c1=O. The molecule has 38 heavy (non-hydrogen) atoms. The molecule has 0 aliphatic carbocycles. The number of benzene rings is 1. The number of hydrogen-bond donors (Lipinski definition) is 0. The molecule has 1 fully saturated rings. The van der Waals surface area contributed by atoms with Crippen molar-refractivity contribution in [3.05, 3.63) is 63.5 Å². The van der Waals surface area contributed by atoms with Gasteiger partial charge in [-0.25, -0.2) is 37.6 Å². The maximum atomic E-state index is 14.6. The number of anilines is 1. The molecule has 2 amide bonds. The maximum absolute atomic E-state index is 14.6. The minimum absolute atomic E-state index is 0.172. The number of nitrogens with zero attached hydrogens (tertiary/aromatic N) is 10. The van der Waals surface area contributed by atoms with Crippen molar-refractivity contribution in [2.45, 2.75) is 32.9 Å². The van der Waals surface area contributed by atoms with Gasteiger partial charge in [-0.05, 0) is 37.6 Å². The predicted octanol–water partition coefficient (Wildman–Crippen LogP) is 1.98. The molecule has 1 saturated heterocycles. The fourth-order valence-corrected chi connectivity index (χ4v) is 4.61. The van der Waals surface area contributed by atoms with Crippen molar-refractivity contribution in [3.8, 4) is 11.9 Å². The molecular formula is C24H24F2N10O2. The summed E-state index contributed by atoms with van der Waals surface area (Å²) in [6.07, 6.45) is 3.01. The lowest BCUT2D eigenvalue weighted by Crippen LogP contribution is -2.52. The van der Waals surface area contributed by atoms with Gasteiger partial charge in [-0.15, -0.1) is 0 Å². The zero-order chi connectivity index (χ0) is 27.0. The van der Waals surface area contributed by atoms with Gasteiger partial charge in [-0.1, -0.05) is 0 Å². The third-order valence-corrected chi connectivity index (χ3v) is 6.52. The molecule has 2 aliphatic heterocycles. The minimum atomic E-state index is -0.752. The Morgan fingerprint density at radius 3 is 2.63 bits per heavy atom. The van der Waals surface area contributed by atoms with E-state index < -0.39 is 23.4 Å². The second-order valence-electron chi connectivity index (χ2n) is 8.86. The van der Waals surface area contributed by atoms with Gasteiger partial charge in [-0.2, -0.15) is 20.4 Å². The van der Waals surface area contributed by atoms with Crippen molar-refractivity contribution in [3.63, 3.8) is 0 Å². The van der Waals surface area contributed by atoms with E-state index in [1.807, 2.05) is 6.07 Å². The molecule has 14 heteroatoms. The number of hydrogen-bond acceptors (Lipinski definition) is 8. The summed E-state index contributed by atoms with van der Waals surface area (Å²) in [5.41, 5.74) is 0.172. The number of hydrazone groups is 1. The van der Waals surface area contributed by atoms with E-state index in [1.54, 1.807) is 35.9 Å². The van der Waals surface area contributed by atoms with Gasteiger partial charge in [-0.3, -0.25) is 0 Å². The lowest BCUT2D eigenvalue weighted by Gasteiger charge is -2.37. The highest BCUT2D eigenvalue weighted by atomic mass is 19.1. The van der Waals surface area contributed by atoms with Crippen LogP contribution >= 0.6 is 0 Å².